The minimum Gasteiger partial charge on any atom is -0.204 e. The summed E-state index contributed by atoms with van der Waals surface area (Å²) in [6.45, 7) is 4.24. The third-order valence-electron chi connectivity index (χ3n) is 3.21. The molecular weight excluding hydrogens is 346 g/mol. The summed E-state index contributed by atoms with van der Waals surface area (Å²) >= 11 is 9.48. The lowest BCUT2D eigenvalue weighted by molar-refractivity contribution is 0.507. The Kier molecular flexibility index (Phi) is 4.82. The van der Waals surface area contributed by atoms with Gasteiger partial charge in [0.15, 0.2) is 11.6 Å². The molecule has 1 unspecified atom stereocenters. The van der Waals surface area contributed by atoms with Gasteiger partial charge in [-0.1, -0.05) is 65.6 Å². The maximum atomic E-state index is 13.4. The third kappa shape index (κ3) is 3.21. The van der Waals surface area contributed by atoms with Gasteiger partial charge in [-0.15, -0.1) is 0 Å². The maximum absolute atomic E-state index is 13.4. The van der Waals surface area contributed by atoms with Crippen molar-refractivity contribution in [2.75, 3.05) is 0 Å². The van der Waals surface area contributed by atoms with Crippen molar-refractivity contribution in [3.05, 3.63) is 69.7 Å². The topological polar surface area (TPSA) is 0 Å². The second kappa shape index (κ2) is 6.23. The van der Waals surface area contributed by atoms with E-state index >= 15 is 0 Å². The molecule has 0 aliphatic carbocycles. The lowest BCUT2D eigenvalue weighted by Crippen LogP contribution is -1.98. The van der Waals surface area contributed by atoms with Crippen molar-refractivity contribution in [3.8, 4) is 0 Å². The van der Waals surface area contributed by atoms with Gasteiger partial charge in [0.05, 0.1) is 4.83 Å². The first kappa shape index (κ1) is 15.5. The van der Waals surface area contributed by atoms with Gasteiger partial charge in [-0.05, 0) is 34.7 Å². The van der Waals surface area contributed by atoms with Crippen molar-refractivity contribution in [2.45, 2.75) is 24.6 Å². The average Bonchev–Trinajstić information content (AvgIpc) is 2.42. The van der Waals surface area contributed by atoms with Crippen molar-refractivity contribution in [1.29, 1.82) is 0 Å². The first-order chi connectivity index (χ1) is 9.40. The molecule has 106 valence electrons. The van der Waals surface area contributed by atoms with Gasteiger partial charge in [0.2, 0.25) is 0 Å². The number of rotatable bonds is 3. The zero-order chi connectivity index (χ0) is 14.9. The number of halogens is 4. The van der Waals surface area contributed by atoms with Gasteiger partial charge >= 0.3 is 0 Å². The van der Waals surface area contributed by atoms with Crippen LogP contribution in [0.4, 0.5) is 8.78 Å². The summed E-state index contributed by atoms with van der Waals surface area (Å²) in [7, 11) is 0. The van der Waals surface area contributed by atoms with E-state index < -0.39 is 11.6 Å². The molecule has 0 fully saturated rings. The van der Waals surface area contributed by atoms with E-state index in [2.05, 4.69) is 29.8 Å². The summed E-state index contributed by atoms with van der Waals surface area (Å²) in [5.41, 5.74) is 2.69. The zero-order valence-corrected chi connectivity index (χ0v) is 13.5. The highest BCUT2D eigenvalue weighted by Crippen LogP contribution is 2.36. The molecule has 0 N–H and O–H groups in total. The largest absolute Gasteiger partial charge is 0.204 e. The molecule has 0 spiro atoms. The normalized spacial score (nSPS) is 12.8. The van der Waals surface area contributed by atoms with Gasteiger partial charge in [0, 0.05) is 5.02 Å². The first-order valence-electron chi connectivity index (χ1n) is 6.28. The van der Waals surface area contributed by atoms with E-state index in [1.54, 1.807) is 0 Å². The molecule has 2 aromatic carbocycles. The molecule has 2 rings (SSSR count). The van der Waals surface area contributed by atoms with Crippen molar-refractivity contribution < 1.29 is 8.78 Å². The van der Waals surface area contributed by atoms with E-state index in [9.17, 15) is 8.78 Å². The van der Waals surface area contributed by atoms with Crippen molar-refractivity contribution in [1.82, 2.24) is 0 Å². The van der Waals surface area contributed by atoms with E-state index in [1.807, 2.05) is 24.3 Å². The standard InChI is InChI=1S/C16H14BrClF2/c1-9(2)10-3-5-11(6-4-10)16(17)12-7-14(19)15(20)8-13(12)18/h3-9,16H,1-2H3. The van der Waals surface area contributed by atoms with Crippen LogP contribution in [-0.2, 0) is 0 Å². The Balaban J connectivity index is 2.36. The van der Waals surface area contributed by atoms with Gasteiger partial charge in [-0.2, -0.15) is 0 Å². The quantitative estimate of drug-likeness (QED) is 0.450. The van der Waals surface area contributed by atoms with Crippen LogP contribution in [0.25, 0.3) is 0 Å². The molecular formula is C16H14BrClF2. The molecule has 0 nitrogen and oxygen atoms in total. The van der Waals surface area contributed by atoms with E-state index in [0.717, 1.165) is 17.7 Å². The Labute approximate surface area is 130 Å². The molecule has 4 heteroatoms. The van der Waals surface area contributed by atoms with E-state index in [-0.39, 0.29) is 9.85 Å². The highest BCUT2D eigenvalue weighted by molar-refractivity contribution is 9.09. The minimum absolute atomic E-state index is 0.207. The summed E-state index contributed by atoms with van der Waals surface area (Å²) in [5, 5.41) is 0.207. The number of hydrogen-bond acceptors (Lipinski definition) is 0. The second-order valence-corrected chi connectivity index (χ2v) is 6.29. The molecule has 0 aliphatic rings. The predicted molar refractivity (Wildman–Crippen MR) is 82.7 cm³/mol. The molecule has 0 aliphatic heterocycles. The highest BCUT2D eigenvalue weighted by Gasteiger charge is 2.17. The molecule has 1 atom stereocenters. The summed E-state index contributed by atoms with van der Waals surface area (Å²) in [6.07, 6.45) is 0. The Morgan fingerprint density at radius 1 is 0.950 bits per heavy atom. The molecule has 2 aromatic rings. The Hall–Kier alpha value is -0.930. The number of alkyl halides is 1. The predicted octanol–water partition coefficient (Wildman–Crippen LogP) is 6.23. The molecule has 0 radical (unpaired) electrons. The lowest BCUT2D eigenvalue weighted by atomic mass is 9.99. The smallest absolute Gasteiger partial charge is 0.160 e. The monoisotopic (exact) mass is 358 g/mol. The van der Waals surface area contributed by atoms with Crippen LogP contribution in [0.15, 0.2) is 36.4 Å². The van der Waals surface area contributed by atoms with Crippen molar-refractivity contribution >= 4 is 27.5 Å². The number of benzene rings is 2. The van der Waals surface area contributed by atoms with Crippen LogP contribution in [0.5, 0.6) is 0 Å². The fraction of sp³-hybridized carbons (Fsp3) is 0.250. The fourth-order valence-electron chi connectivity index (χ4n) is 1.96. The van der Waals surface area contributed by atoms with Gasteiger partial charge < -0.3 is 0 Å². The summed E-state index contributed by atoms with van der Waals surface area (Å²) in [6, 6.07) is 10.1. The summed E-state index contributed by atoms with van der Waals surface area (Å²) in [4.78, 5) is -0.272. The molecule has 0 amide bonds. The Morgan fingerprint density at radius 2 is 1.45 bits per heavy atom. The molecule has 0 aromatic heterocycles. The van der Waals surface area contributed by atoms with E-state index in [4.69, 9.17) is 11.6 Å². The van der Waals surface area contributed by atoms with Crippen LogP contribution in [0.1, 0.15) is 41.3 Å². The average molecular weight is 360 g/mol. The van der Waals surface area contributed by atoms with Crippen LogP contribution in [-0.4, -0.2) is 0 Å². The SMILES string of the molecule is CC(C)c1ccc(C(Br)c2cc(F)c(F)cc2Cl)cc1. The van der Waals surface area contributed by atoms with Crippen LogP contribution in [0, 0.1) is 11.6 Å². The zero-order valence-electron chi connectivity index (χ0n) is 11.1. The molecule has 0 saturated heterocycles. The van der Waals surface area contributed by atoms with Gasteiger partial charge in [0.25, 0.3) is 0 Å². The van der Waals surface area contributed by atoms with Gasteiger partial charge in [-0.25, -0.2) is 8.78 Å². The van der Waals surface area contributed by atoms with Crippen LogP contribution < -0.4 is 0 Å². The molecule has 20 heavy (non-hydrogen) atoms. The summed E-state index contributed by atoms with van der Waals surface area (Å²) in [5.74, 6) is -1.38. The van der Waals surface area contributed by atoms with E-state index in [0.29, 0.717) is 11.5 Å². The Morgan fingerprint density at radius 3 is 2.00 bits per heavy atom. The van der Waals surface area contributed by atoms with Crippen LogP contribution in [0.2, 0.25) is 5.02 Å². The fourth-order valence-corrected chi connectivity index (χ4v) is 3.04. The van der Waals surface area contributed by atoms with Crippen molar-refractivity contribution in [3.63, 3.8) is 0 Å². The maximum Gasteiger partial charge on any atom is 0.160 e. The van der Waals surface area contributed by atoms with Crippen LogP contribution >= 0.6 is 27.5 Å². The van der Waals surface area contributed by atoms with Gasteiger partial charge in [0.1, 0.15) is 0 Å². The Bertz CT molecular complexity index is 609. The molecule has 0 saturated carbocycles. The number of hydrogen-bond donors (Lipinski definition) is 0. The van der Waals surface area contributed by atoms with E-state index in [1.165, 1.54) is 5.56 Å². The lowest BCUT2D eigenvalue weighted by Gasteiger charge is -2.14. The van der Waals surface area contributed by atoms with Crippen LogP contribution in [0.3, 0.4) is 0 Å². The van der Waals surface area contributed by atoms with Gasteiger partial charge in [-0.3, -0.25) is 0 Å². The van der Waals surface area contributed by atoms with Crippen molar-refractivity contribution in [2.24, 2.45) is 0 Å². The molecule has 0 heterocycles. The summed E-state index contributed by atoms with van der Waals surface area (Å²) < 4.78 is 26.4. The second-order valence-electron chi connectivity index (χ2n) is 4.97. The molecule has 0 bridgehead atoms. The minimum atomic E-state index is -0.936. The highest BCUT2D eigenvalue weighted by atomic mass is 79.9. The third-order valence-corrected chi connectivity index (χ3v) is 4.56. The first-order valence-corrected chi connectivity index (χ1v) is 7.58.